The van der Waals surface area contributed by atoms with Gasteiger partial charge in [0.1, 0.15) is 11.6 Å². The molecular formula is C16H18ClFN2O. The van der Waals surface area contributed by atoms with Crippen molar-refractivity contribution in [3.63, 3.8) is 0 Å². The van der Waals surface area contributed by atoms with Crippen molar-refractivity contribution in [3.05, 3.63) is 58.6 Å². The maximum absolute atomic E-state index is 14.1. The molecule has 1 aromatic heterocycles. The molecule has 1 heterocycles. The molecular weight excluding hydrogens is 291 g/mol. The van der Waals surface area contributed by atoms with Crippen LogP contribution in [0.2, 0.25) is 5.02 Å². The minimum Gasteiger partial charge on any atom is -0.489 e. The Hall–Kier alpha value is -1.65. The van der Waals surface area contributed by atoms with Crippen LogP contribution in [0.4, 0.5) is 4.39 Å². The van der Waals surface area contributed by atoms with Crippen LogP contribution in [0.25, 0.3) is 0 Å². The molecule has 0 aliphatic heterocycles. The van der Waals surface area contributed by atoms with Gasteiger partial charge in [0.05, 0.1) is 18.3 Å². The Balaban J connectivity index is 2.37. The number of aromatic nitrogens is 1. The molecule has 2 rings (SSSR count). The summed E-state index contributed by atoms with van der Waals surface area (Å²) < 4.78 is 19.7. The zero-order valence-electron chi connectivity index (χ0n) is 12.2. The first-order valence-electron chi connectivity index (χ1n) is 6.75. The lowest BCUT2D eigenvalue weighted by atomic mass is 10.00. The van der Waals surface area contributed by atoms with Crippen molar-refractivity contribution in [3.8, 4) is 5.75 Å². The monoisotopic (exact) mass is 308 g/mol. The largest absolute Gasteiger partial charge is 0.489 e. The third-order valence-corrected chi connectivity index (χ3v) is 3.24. The second-order valence-corrected chi connectivity index (χ2v) is 5.44. The van der Waals surface area contributed by atoms with E-state index < -0.39 is 0 Å². The highest BCUT2D eigenvalue weighted by Crippen LogP contribution is 2.27. The Morgan fingerprint density at radius 2 is 2.00 bits per heavy atom. The Kier molecular flexibility index (Phi) is 5.15. The predicted octanol–water partition coefficient (Wildman–Crippen LogP) is 3.97. The number of hydrogen-bond donors (Lipinski definition) is 1. The summed E-state index contributed by atoms with van der Waals surface area (Å²) >= 11 is 5.80. The summed E-state index contributed by atoms with van der Waals surface area (Å²) in [5.74, 6) is 0.314. The molecule has 112 valence electrons. The topological polar surface area (TPSA) is 34.2 Å². The van der Waals surface area contributed by atoms with Crippen molar-refractivity contribution in [1.82, 2.24) is 10.3 Å². The summed E-state index contributed by atoms with van der Waals surface area (Å²) in [5.41, 5.74) is 1.35. The molecule has 0 bridgehead atoms. The van der Waals surface area contributed by atoms with E-state index in [1.165, 1.54) is 6.07 Å². The fourth-order valence-corrected chi connectivity index (χ4v) is 2.33. The van der Waals surface area contributed by atoms with E-state index in [0.29, 0.717) is 16.3 Å². The zero-order chi connectivity index (χ0) is 15.4. The molecule has 1 unspecified atom stereocenters. The van der Waals surface area contributed by atoms with Gasteiger partial charge in [-0.15, -0.1) is 0 Å². The molecule has 0 saturated carbocycles. The molecule has 0 fully saturated rings. The molecule has 2 aromatic rings. The summed E-state index contributed by atoms with van der Waals surface area (Å²) in [6, 6.07) is 6.21. The van der Waals surface area contributed by atoms with Crippen LogP contribution in [-0.2, 0) is 0 Å². The van der Waals surface area contributed by atoms with E-state index in [1.807, 2.05) is 19.9 Å². The third kappa shape index (κ3) is 3.93. The first-order chi connectivity index (χ1) is 10.0. The highest BCUT2D eigenvalue weighted by atomic mass is 35.5. The Bertz CT molecular complexity index is 619. The predicted molar refractivity (Wildman–Crippen MR) is 82.3 cm³/mol. The van der Waals surface area contributed by atoms with Gasteiger partial charge in [-0.3, -0.25) is 4.98 Å². The quantitative estimate of drug-likeness (QED) is 0.907. The van der Waals surface area contributed by atoms with E-state index in [4.69, 9.17) is 16.3 Å². The fraction of sp³-hybridized carbons (Fsp3) is 0.312. The summed E-state index contributed by atoms with van der Waals surface area (Å²) in [6.07, 6.45) is 3.40. The van der Waals surface area contributed by atoms with Gasteiger partial charge in [0, 0.05) is 16.8 Å². The van der Waals surface area contributed by atoms with Gasteiger partial charge >= 0.3 is 0 Å². The van der Waals surface area contributed by atoms with E-state index in [1.54, 1.807) is 31.6 Å². The molecule has 1 aromatic carbocycles. The van der Waals surface area contributed by atoms with Crippen LogP contribution in [0.1, 0.15) is 31.0 Å². The molecule has 0 amide bonds. The Morgan fingerprint density at radius 3 is 2.62 bits per heavy atom. The van der Waals surface area contributed by atoms with Crippen LogP contribution >= 0.6 is 11.6 Å². The Morgan fingerprint density at radius 1 is 1.24 bits per heavy atom. The number of ether oxygens (including phenoxy) is 1. The van der Waals surface area contributed by atoms with Crippen LogP contribution in [0.3, 0.4) is 0 Å². The number of rotatable bonds is 5. The molecule has 21 heavy (non-hydrogen) atoms. The minimum atomic E-state index is -0.350. The SMILES string of the molecule is CNC(c1cncc(OC(C)C)c1)c1ccc(Cl)cc1F. The highest BCUT2D eigenvalue weighted by Gasteiger charge is 2.17. The third-order valence-electron chi connectivity index (χ3n) is 3.00. The van der Waals surface area contributed by atoms with Gasteiger partial charge < -0.3 is 10.1 Å². The smallest absolute Gasteiger partial charge is 0.138 e. The average molecular weight is 309 g/mol. The van der Waals surface area contributed by atoms with Gasteiger partial charge in [-0.2, -0.15) is 0 Å². The maximum Gasteiger partial charge on any atom is 0.138 e. The molecule has 0 aliphatic rings. The number of nitrogens with one attached hydrogen (secondary N) is 1. The minimum absolute atomic E-state index is 0.0577. The van der Waals surface area contributed by atoms with Gasteiger partial charge in [-0.25, -0.2) is 4.39 Å². The molecule has 0 spiro atoms. The standard InChI is InChI=1S/C16H18ClFN2O/c1-10(2)21-13-6-11(8-20-9-13)16(19-3)14-5-4-12(17)7-15(14)18/h4-10,16,19H,1-3H3. The van der Waals surface area contributed by atoms with Gasteiger partial charge in [0.2, 0.25) is 0 Å². The van der Waals surface area contributed by atoms with E-state index in [-0.39, 0.29) is 18.0 Å². The van der Waals surface area contributed by atoms with E-state index in [0.717, 1.165) is 5.56 Å². The molecule has 3 nitrogen and oxygen atoms in total. The van der Waals surface area contributed by atoms with Crippen LogP contribution < -0.4 is 10.1 Å². The van der Waals surface area contributed by atoms with Gasteiger partial charge in [-0.05, 0) is 44.7 Å². The number of hydrogen-bond acceptors (Lipinski definition) is 3. The molecule has 5 heteroatoms. The van der Waals surface area contributed by atoms with Crippen LogP contribution in [0.15, 0.2) is 36.7 Å². The number of pyridine rings is 1. The number of halogens is 2. The van der Waals surface area contributed by atoms with Crippen LogP contribution in [0.5, 0.6) is 5.75 Å². The fourth-order valence-electron chi connectivity index (χ4n) is 2.17. The van der Waals surface area contributed by atoms with Crippen molar-refractivity contribution in [2.24, 2.45) is 0 Å². The summed E-state index contributed by atoms with van der Waals surface area (Å²) in [5, 5.41) is 3.47. The second-order valence-electron chi connectivity index (χ2n) is 5.01. The van der Waals surface area contributed by atoms with E-state index in [9.17, 15) is 4.39 Å². The molecule has 0 radical (unpaired) electrons. The van der Waals surface area contributed by atoms with Gasteiger partial charge in [-0.1, -0.05) is 17.7 Å². The van der Waals surface area contributed by atoms with Gasteiger partial charge in [0.15, 0.2) is 0 Å². The molecule has 0 aliphatic carbocycles. The second kappa shape index (κ2) is 6.87. The Labute approximate surface area is 129 Å². The van der Waals surface area contributed by atoms with Gasteiger partial charge in [0.25, 0.3) is 0 Å². The lowest BCUT2D eigenvalue weighted by molar-refractivity contribution is 0.241. The van der Waals surface area contributed by atoms with Crippen LogP contribution in [-0.4, -0.2) is 18.1 Å². The average Bonchev–Trinajstić information content (AvgIpc) is 2.41. The molecule has 1 N–H and O–H groups in total. The van der Waals surface area contributed by atoms with Crippen molar-refractivity contribution in [2.45, 2.75) is 26.0 Å². The molecule has 0 saturated heterocycles. The zero-order valence-corrected chi connectivity index (χ0v) is 13.0. The first-order valence-corrected chi connectivity index (χ1v) is 7.13. The number of benzene rings is 1. The van der Waals surface area contributed by atoms with E-state index in [2.05, 4.69) is 10.3 Å². The summed E-state index contributed by atoms with van der Waals surface area (Å²) in [6.45, 7) is 3.89. The van der Waals surface area contributed by atoms with Crippen molar-refractivity contribution < 1.29 is 9.13 Å². The molecule has 1 atom stereocenters. The van der Waals surface area contributed by atoms with Crippen molar-refractivity contribution >= 4 is 11.6 Å². The summed E-state index contributed by atoms with van der Waals surface area (Å²) in [7, 11) is 1.77. The van der Waals surface area contributed by atoms with Crippen molar-refractivity contribution in [1.29, 1.82) is 0 Å². The number of nitrogens with zero attached hydrogens (tertiary/aromatic N) is 1. The van der Waals surface area contributed by atoms with Crippen molar-refractivity contribution in [2.75, 3.05) is 7.05 Å². The normalized spacial score (nSPS) is 12.5. The first kappa shape index (κ1) is 15.7. The summed E-state index contributed by atoms with van der Waals surface area (Å²) in [4.78, 5) is 4.17. The lowest BCUT2D eigenvalue weighted by Gasteiger charge is -2.19. The highest BCUT2D eigenvalue weighted by molar-refractivity contribution is 6.30. The van der Waals surface area contributed by atoms with E-state index >= 15 is 0 Å². The lowest BCUT2D eigenvalue weighted by Crippen LogP contribution is -2.19. The maximum atomic E-state index is 14.1. The van der Waals surface area contributed by atoms with Crippen LogP contribution in [0, 0.1) is 5.82 Å².